The van der Waals surface area contributed by atoms with E-state index < -0.39 is 0 Å². The average Bonchev–Trinajstić information content (AvgIpc) is 2.22. The minimum atomic E-state index is 1.09. The summed E-state index contributed by atoms with van der Waals surface area (Å²) in [6.07, 6.45) is 18.2. The third-order valence-electron chi connectivity index (χ3n) is 1.85. The Balaban J connectivity index is 0. The summed E-state index contributed by atoms with van der Waals surface area (Å²) >= 11 is 1.61. The summed E-state index contributed by atoms with van der Waals surface area (Å²) < 4.78 is 0. The van der Waals surface area contributed by atoms with Crippen LogP contribution in [-0.4, -0.2) is 0 Å². The van der Waals surface area contributed by atoms with Gasteiger partial charge in [-0.15, -0.1) is 0 Å². The molecule has 0 radical (unpaired) electrons. The van der Waals surface area contributed by atoms with Crippen molar-refractivity contribution in [1.82, 2.24) is 0 Å². The normalized spacial score (nSPS) is 13.9. The molecule has 0 heterocycles. The van der Waals surface area contributed by atoms with Crippen molar-refractivity contribution in [2.75, 3.05) is 0 Å². The Hall–Kier alpha value is 0.458. The Morgan fingerprint density at radius 2 is 1.93 bits per heavy atom. The van der Waals surface area contributed by atoms with Crippen LogP contribution in [0.15, 0.2) is 18.2 Å². The van der Waals surface area contributed by atoms with Crippen LogP contribution in [0.25, 0.3) is 0 Å². The number of hydrogen-bond acceptors (Lipinski definition) is 0. The predicted molar refractivity (Wildman–Crippen MR) is 66.2 cm³/mol. The van der Waals surface area contributed by atoms with Crippen LogP contribution >= 0.6 is 9.42 Å². The number of halogens is 1. The molecule has 0 saturated carbocycles. The molecule has 93 valence electrons. The third kappa shape index (κ3) is 20.5. The van der Waals surface area contributed by atoms with E-state index in [4.69, 9.17) is 0 Å². The fourth-order valence-corrected chi connectivity index (χ4v) is 1.04. The first-order valence-corrected chi connectivity index (χ1v) is 8.34. The number of hydrogen-bond donors (Lipinski definition) is 0. The molecule has 0 amide bonds. The molecule has 0 spiro atoms. The molecule has 0 unspecified atom stereocenters. The second-order valence-electron chi connectivity index (χ2n) is 3.20. The summed E-state index contributed by atoms with van der Waals surface area (Å²) in [5, 5.41) is 0. The van der Waals surface area contributed by atoms with Crippen LogP contribution in [0.3, 0.4) is 0 Å². The maximum atomic E-state index is 4.61. The van der Waals surface area contributed by atoms with E-state index in [9.17, 15) is 0 Å². The van der Waals surface area contributed by atoms with Crippen molar-refractivity contribution in [3.8, 4) is 0 Å². The summed E-state index contributed by atoms with van der Waals surface area (Å²) in [6, 6.07) is 0. The van der Waals surface area contributed by atoms with Crippen molar-refractivity contribution in [2.24, 2.45) is 0 Å². The molecule has 0 aromatic heterocycles. The Labute approximate surface area is 111 Å². The summed E-state index contributed by atoms with van der Waals surface area (Å²) in [4.78, 5) is 0. The number of rotatable bonds is 2. The molecule has 0 aromatic rings. The first-order chi connectivity index (χ1) is 7.41. The van der Waals surface area contributed by atoms with Gasteiger partial charge in [-0.2, -0.15) is 12.8 Å². The molecule has 0 atom stereocenters. The van der Waals surface area contributed by atoms with Crippen molar-refractivity contribution < 1.29 is 18.8 Å². The molecule has 2 heteroatoms. The zero-order chi connectivity index (χ0) is 11.8. The first kappa shape index (κ1) is 17.8. The molecular formula is C13H22ClPt-2. The zero-order valence-electron chi connectivity index (χ0n) is 9.58. The van der Waals surface area contributed by atoms with Gasteiger partial charge in [0, 0.05) is 0 Å². The maximum absolute atomic E-state index is 4.61. The van der Waals surface area contributed by atoms with E-state index in [0.29, 0.717) is 0 Å². The Bertz CT molecular complexity index is 113. The summed E-state index contributed by atoms with van der Waals surface area (Å²) in [7, 11) is 4.61. The Morgan fingerprint density at radius 1 is 1.27 bits per heavy atom. The fourth-order valence-electron chi connectivity index (χ4n) is 1.04. The van der Waals surface area contributed by atoms with E-state index in [-0.39, 0.29) is 0 Å². The molecule has 1 aliphatic carbocycles. The van der Waals surface area contributed by atoms with Crippen LogP contribution in [0, 0.1) is 13.0 Å². The molecule has 0 aromatic carbocycles. The fraction of sp³-hybridized carbons (Fsp3) is 0.615. The van der Waals surface area contributed by atoms with Crippen molar-refractivity contribution in [3.05, 3.63) is 31.2 Å². The van der Waals surface area contributed by atoms with Crippen molar-refractivity contribution in [2.45, 2.75) is 51.9 Å². The van der Waals surface area contributed by atoms with Gasteiger partial charge in [-0.25, -0.2) is 0 Å². The van der Waals surface area contributed by atoms with E-state index in [1.54, 1.807) is 18.8 Å². The van der Waals surface area contributed by atoms with Gasteiger partial charge in [0.2, 0.25) is 0 Å². The van der Waals surface area contributed by atoms with E-state index in [0.717, 1.165) is 12.8 Å². The Kier molecular flexibility index (Phi) is 23.7. The molecule has 0 nitrogen and oxygen atoms in total. The minimum absolute atomic E-state index is 1.09. The van der Waals surface area contributed by atoms with Crippen molar-refractivity contribution in [1.29, 1.82) is 0 Å². The van der Waals surface area contributed by atoms with E-state index in [1.165, 1.54) is 32.1 Å². The van der Waals surface area contributed by atoms with E-state index in [1.807, 2.05) is 0 Å². The Morgan fingerprint density at radius 3 is 2.47 bits per heavy atom. The second-order valence-corrected chi connectivity index (χ2v) is 3.20. The van der Waals surface area contributed by atoms with E-state index >= 15 is 0 Å². The summed E-state index contributed by atoms with van der Waals surface area (Å²) in [6.45, 7) is 5.85. The SMILES string of the molecule is [C-]1=CCCC=CCC1.[CH2-]CCCC.[Cl][Pt]. The molecule has 1 aliphatic rings. The molecule has 1 rings (SSSR count). The van der Waals surface area contributed by atoms with Gasteiger partial charge < -0.3 is 13.0 Å². The van der Waals surface area contributed by atoms with Gasteiger partial charge in [0.1, 0.15) is 0 Å². The number of allylic oxidation sites excluding steroid dienone is 4. The third-order valence-corrected chi connectivity index (χ3v) is 1.85. The predicted octanol–water partition coefficient (Wildman–Crippen LogP) is 5.17. The molecule has 0 bridgehead atoms. The number of unbranched alkanes of at least 4 members (excludes halogenated alkanes) is 2. The van der Waals surface area contributed by atoms with Crippen LogP contribution in [0.5, 0.6) is 0 Å². The van der Waals surface area contributed by atoms with Gasteiger partial charge in [-0.05, 0) is 6.42 Å². The van der Waals surface area contributed by atoms with Crippen molar-refractivity contribution >= 4 is 9.42 Å². The van der Waals surface area contributed by atoms with Crippen LogP contribution in [0.2, 0.25) is 0 Å². The first-order valence-electron chi connectivity index (χ1n) is 5.53. The molecule has 0 saturated heterocycles. The molecule has 0 fully saturated rings. The zero-order valence-corrected chi connectivity index (χ0v) is 12.6. The summed E-state index contributed by atoms with van der Waals surface area (Å²) in [5.74, 6) is 0. The second kappa shape index (κ2) is 19.9. The van der Waals surface area contributed by atoms with Crippen LogP contribution in [-0.2, 0) is 18.8 Å². The van der Waals surface area contributed by atoms with Crippen molar-refractivity contribution in [3.63, 3.8) is 0 Å². The van der Waals surface area contributed by atoms with Gasteiger partial charge in [0.15, 0.2) is 0 Å². The van der Waals surface area contributed by atoms with Gasteiger partial charge in [-0.3, -0.25) is 6.08 Å². The molecular weight excluding hydrogens is 387 g/mol. The van der Waals surface area contributed by atoms with Crippen LogP contribution in [0.1, 0.15) is 51.9 Å². The molecule has 0 aliphatic heterocycles. The average molecular weight is 409 g/mol. The summed E-state index contributed by atoms with van der Waals surface area (Å²) in [5.41, 5.74) is 0. The van der Waals surface area contributed by atoms with Crippen LogP contribution in [0.4, 0.5) is 0 Å². The van der Waals surface area contributed by atoms with Crippen LogP contribution < -0.4 is 0 Å². The topological polar surface area (TPSA) is 0 Å². The van der Waals surface area contributed by atoms with Gasteiger partial charge in [0.25, 0.3) is 0 Å². The standard InChI is InChI=1S/C8H11.C5H11.ClH.Pt/c1-2-4-6-8-7-5-3-1;1-3-5-4-2;;/h1-2,7H,3-6H2;1,3-5H2,2H3;1H;/q2*-1;;+1/p-1. The van der Waals surface area contributed by atoms with Gasteiger partial charge in [-0.1, -0.05) is 44.8 Å². The van der Waals surface area contributed by atoms with Gasteiger partial charge >= 0.3 is 28.2 Å². The molecule has 0 N–H and O–H groups in total. The quantitative estimate of drug-likeness (QED) is 0.436. The monoisotopic (exact) mass is 408 g/mol. The molecule has 15 heavy (non-hydrogen) atoms. The van der Waals surface area contributed by atoms with Gasteiger partial charge in [0.05, 0.1) is 0 Å². The van der Waals surface area contributed by atoms with E-state index in [2.05, 4.69) is 47.6 Å².